The van der Waals surface area contributed by atoms with Crippen LogP contribution >= 0.6 is 0 Å². The van der Waals surface area contributed by atoms with Gasteiger partial charge in [0.2, 0.25) is 0 Å². The third-order valence-electron chi connectivity index (χ3n) is 3.72. The fraction of sp³-hybridized carbons (Fsp3) is 0.294. The van der Waals surface area contributed by atoms with Crippen LogP contribution in [0.5, 0.6) is 5.75 Å². The van der Waals surface area contributed by atoms with Crippen molar-refractivity contribution in [3.8, 4) is 5.75 Å². The van der Waals surface area contributed by atoms with Crippen molar-refractivity contribution in [1.82, 2.24) is 0 Å². The molecule has 20 heavy (non-hydrogen) atoms. The van der Waals surface area contributed by atoms with Crippen molar-refractivity contribution in [2.24, 2.45) is 5.73 Å². The Kier molecular flexibility index (Phi) is 3.45. The topological polar surface area (TPSA) is 35.2 Å². The molecular formula is C17H18FNO. The first-order valence-corrected chi connectivity index (χ1v) is 6.92. The number of nitrogens with two attached hydrogens (primary N) is 1. The normalized spacial score (nSPS) is 15.3. The quantitative estimate of drug-likeness (QED) is 0.907. The first-order valence-electron chi connectivity index (χ1n) is 6.92. The third-order valence-corrected chi connectivity index (χ3v) is 3.72. The summed E-state index contributed by atoms with van der Waals surface area (Å²) in [5.74, 6) is 0.708. The van der Waals surface area contributed by atoms with Crippen molar-refractivity contribution in [2.75, 3.05) is 6.61 Å². The Balaban J connectivity index is 1.95. The van der Waals surface area contributed by atoms with E-state index < -0.39 is 0 Å². The molecule has 0 saturated heterocycles. The van der Waals surface area contributed by atoms with Crippen LogP contribution in [0, 0.1) is 12.7 Å². The molecule has 1 unspecified atom stereocenters. The first kappa shape index (κ1) is 13.1. The van der Waals surface area contributed by atoms with Crippen LogP contribution in [0.25, 0.3) is 0 Å². The summed E-state index contributed by atoms with van der Waals surface area (Å²) >= 11 is 0. The summed E-state index contributed by atoms with van der Waals surface area (Å²) in [6.07, 6.45) is 2.04. The molecule has 1 heterocycles. The molecule has 2 aromatic rings. The molecule has 2 aromatic carbocycles. The van der Waals surface area contributed by atoms with Crippen molar-refractivity contribution in [3.63, 3.8) is 0 Å². The van der Waals surface area contributed by atoms with Crippen LogP contribution in [0.2, 0.25) is 0 Å². The molecule has 2 N–H and O–H groups in total. The number of ether oxygens (including phenoxy) is 1. The zero-order valence-electron chi connectivity index (χ0n) is 11.5. The van der Waals surface area contributed by atoms with E-state index in [0.29, 0.717) is 0 Å². The Morgan fingerprint density at radius 3 is 2.80 bits per heavy atom. The van der Waals surface area contributed by atoms with Crippen LogP contribution in [-0.4, -0.2) is 6.61 Å². The van der Waals surface area contributed by atoms with E-state index in [4.69, 9.17) is 10.5 Å². The van der Waals surface area contributed by atoms with Gasteiger partial charge in [0, 0.05) is 0 Å². The van der Waals surface area contributed by atoms with E-state index in [1.807, 2.05) is 25.1 Å². The lowest BCUT2D eigenvalue weighted by atomic mass is 9.94. The van der Waals surface area contributed by atoms with Gasteiger partial charge in [-0.2, -0.15) is 0 Å². The van der Waals surface area contributed by atoms with E-state index in [-0.39, 0.29) is 11.9 Å². The molecule has 0 bridgehead atoms. The number of aryl methyl sites for hydroxylation is 2. The van der Waals surface area contributed by atoms with Gasteiger partial charge in [-0.15, -0.1) is 0 Å². The Bertz CT molecular complexity index is 619. The molecule has 104 valence electrons. The molecule has 0 spiro atoms. The van der Waals surface area contributed by atoms with E-state index in [0.717, 1.165) is 41.9 Å². The van der Waals surface area contributed by atoms with Crippen molar-refractivity contribution >= 4 is 0 Å². The van der Waals surface area contributed by atoms with Gasteiger partial charge >= 0.3 is 0 Å². The van der Waals surface area contributed by atoms with Gasteiger partial charge in [0.1, 0.15) is 11.6 Å². The molecule has 2 nitrogen and oxygen atoms in total. The Morgan fingerprint density at radius 1 is 1.15 bits per heavy atom. The average molecular weight is 271 g/mol. The smallest absolute Gasteiger partial charge is 0.123 e. The summed E-state index contributed by atoms with van der Waals surface area (Å²) in [5.41, 5.74) is 10.2. The van der Waals surface area contributed by atoms with Crippen molar-refractivity contribution in [2.45, 2.75) is 25.8 Å². The van der Waals surface area contributed by atoms with Gasteiger partial charge in [-0.05, 0) is 60.2 Å². The molecule has 0 saturated carbocycles. The summed E-state index contributed by atoms with van der Waals surface area (Å²) < 4.78 is 19.1. The highest BCUT2D eigenvalue weighted by molar-refractivity contribution is 5.42. The minimum Gasteiger partial charge on any atom is -0.493 e. The number of hydrogen-bond donors (Lipinski definition) is 1. The molecule has 1 aliphatic rings. The largest absolute Gasteiger partial charge is 0.493 e. The monoisotopic (exact) mass is 271 g/mol. The SMILES string of the molecule is Cc1cc(F)cc(C(N)c2ccc3c(c2)CCCO3)c1. The second kappa shape index (κ2) is 5.25. The predicted molar refractivity (Wildman–Crippen MR) is 77.4 cm³/mol. The van der Waals surface area contributed by atoms with Gasteiger partial charge < -0.3 is 10.5 Å². The van der Waals surface area contributed by atoms with Crippen LogP contribution in [0.1, 0.15) is 34.7 Å². The second-order valence-electron chi connectivity index (χ2n) is 5.36. The standard InChI is InChI=1S/C17H18FNO/c1-11-7-14(10-15(18)8-11)17(19)13-4-5-16-12(9-13)3-2-6-20-16/h4-5,7-10,17H,2-3,6,19H2,1H3. The lowest BCUT2D eigenvalue weighted by Crippen LogP contribution is -2.14. The summed E-state index contributed by atoms with van der Waals surface area (Å²) in [6, 6.07) is 10.7. The molecule has 0 amide bonds. The molecule has 1 atom stereocenters. The van der Waals surface area contributed by atoms with E-state index in [1.54, 1.807) is 0 Å². The van der Waals surface area contributed by atoms with Gasteiger partial charge in [-0.3, -0.25) is 0 Å². The lowest BCUT2D eigenvalue weighted by Gasteiger charge is -2.20. The van der Waals surface area contributed by atoms with Gasteiger partial charge in [0.15, 0.2) is 0 Å². The van der Waals surface area contributed by atoms with Crippen LogP contribution in [0.15, 0.2) is 36.4 Å². The highest BCUT2D eigenvalue weighted by Crippen LogP contribution is 2.29. The molecule has 1 aliphatic heterocycles. The maximum Gasteiger partial charge on any atom is 0.123 e. The van der Waals surface area contributed by atoms with Crippen molar-refractivity contribution < 1.29 is 9.13 Å². The Labute approximate surface area is 118 Å². The molecule has 3 heteroatoms. The second-order valence-corrected chi connectivity index (χ2v) is 5.36. The summed E-state index contributed by atoms with van der Waals surface area (Å²) in [4.78, 5) is 0. The number of rotatable bonds is 2. The maximum atomic E-state index is 13.5. The van der Waals surface area contributed by atoms with Crippen LogP contribution in [0.4, 0.5) is 4.39 Å². The first-order chi connectivity index (χ1) is 9.63. The zero-order chi connectivity index (χ0) is 14.1. The highest BCUT2D eigenvalue weighted by Gasteiger charge is 2.15. The minimum atomic E-state index is -0.309. The Morgan fingerprint density at radius 2 is 2.00 bits per heavy atom. The predicted octanol–water partition coefficient (Wildman–Crippen LogP) is 3.51. The highest BCUT2D eigenvalue weighted by atomic mass is 19.1. The minimum absolute atomic E-state index is 0.239. The summed E-state index contributed by atoms with van der Waals surface area (Å²) in [6.45, 7) is 2.65. The van der Waals surface area contributed by atoms with Gasteiger partial charge in [-0.25, -0.2) is 4.39 Å². The third kappa shape index (κ3) is 2.54. The zero-order valence-corrected chi connectivity index (χ0v) is 11.5. The number of fused-ring (bicyclic) bond motifs is 1. The molecule has 0 fully saturated rings. The number of hydrogen-bond acceptors (Lipinski definition) is 2. The Hall–Kier alpha value is -1.87. The maximum absolute atomic E-state index is 13.5. The van der Waals surface area contributed by atoms with Crippen LogP contribution < -0.4 is 10.5 Å². The fourth-order valence-corrected chi connectivity index (χ4v) is 2.71. The summed E-state index contributed by atoms with van der Waals surface area (Å²) in [7, 11) is 0. The van der Waals surface area contributed by atoms with Gasteiger partial charge in [0.25, 0.3) is 0 Å². The lowest BCUT2D eigenvalue weighted by molar-refractivity contribution is 0.288. The molecule has 0 aliphatic carbocycles. The molecular weight excluding hydrogens is 253 g/mol. The van der Waals surface area contributed by atoms with Crippen molar-refractivity contribution in [3.05, 3.63) is 64.5 Å². The average Bonchev–Trinajstić information content (AvgIpc) is 2.45. The van der Waals surface area contributed by atoms with E-state index >= 15 is 0 Å². The van der Waals surface area contributed by atoms with E-state index in [9.17, 15) is 4.39 Å². The molecule has 3 rings (SSSR count). The molecule has 0 radical (unpaired) electrons. The number of halogens is 1. The van der Waals surface area contributed by atoms with Crippen molar-refractivity contribution in [1.29, 1.82) is 0 Å². The van der Waals surface area contributed by atoms with Gasteiger partial charge in [0.05, 0.1) is 12.6 Å². The van der Waals surface area contributed by atoms with Gasteiger partial charge in [-0.1, -0.05) is 18.2 Å². The van der Waals surface area contributed by atoms with Crippen LogP contribution in [-0.2, 0) is 6.42 Å². The summed E-state index contributed by atoms with van der Waals surface area (Å²) in [5, 5.41) is 0. The van der Waals surface area contributed by atoms with E-state index in [1.165, 1.54) is 17.7 Å². The van der Waals surface area contributed by atoms with Crippen LogP contribution in [0.3, 0.4) is 0 Å². The van der Waals surface area contributed by atoms with E-state index in [2.05, 4.69) is 6.07 Å². The molecule has 0 aromatic heterocycles. The number of benzene rings is 2. The fourth-order valence-electron chi connectivity index (χ4n) is 2.71.